The number of benzene rings is 1. The average molecular weight is 259 g/mol. The van der Waals surface area contributed by atoms with Crippen LogP contribution in [-0.2, 0) is 13.0 Å². The number of aryl methyl sites for hydroxylation is 1. The van der Waals surface area contributed by atoms with Crippen molar-refractivity contribution in [1.29, 1.82) is 0 Å². The summed E-state index contributed by atoms with van der Waals surface area (Å²) >= 11 is 0. The fraction of sp³-hybridized carbons (Fsp3) is 0.400. The molecule has 0 saturated carbocycles. The lowest BCUT2D eigenvalue weighted by atomic mass is 10.2. The van der Waals surface area contributed by atoms with Crippen LogP contribution in [0, 0.1) is 6.92 Å². The molecule has 1 aromatic carbocycles. The van der Waals surface area contributed by atoms with Gasteiger partial charge in [-0.3, -0.25) is 0 Å². The molecule has 0 aliphatic heterocycles. The first-order valence-electron chi connectivity index (χ1n) is 6.67. The lowest BCUT2D eigenvalue weighted by molar-refractivity contribution is 0.340. The minimum Gasteiger partial charge on any atom is -0.494 e. The molecular formula is C15H21N3O. The van der Waals surface area contributed by atoms with E-state index in [1.807, 2.05) is 26.0 Å². The maximum atomic E-state index is 5.56. The van der Waals surface area contributed by atoms with Gasteiger partial charge >= 0.3 is 0 Å². The predicted molar refractivity (Wildman–Crippen MR) is 76.4 cm³/mol. The molecule has 0 amide bonds. The highest BCUT2D eigenvalue weighted by atomic mass is 16.5. The molecule has 102 valence electrons. The Morgan fingerprint density at radius 3 is 2.95 bits per heavy atom. The molecule has 0 radical (unpaired) electrons. The first-order valence-corrected chi connectivity index (χ1v) is 6.67. The minimum atomic E-state index is 0.635. The average Bonchev–Trinajstić information content (AvgIpc) is 2.71. The number of nitrogens with two attached hydrogens (primary N) is 1. The number of imidazole rings is 1. The van der Waals surface area contributed by atoms with Crippen molar-refractivity contribution >= 4 is 0 Å². The third kappa shape index (κ3) is 3.58. The van der Waals surface area contributed by atoms with Gasteiger partial charge in [0.2, 0.25) is 0 Å². The highest BCUT2D eigenvalue weighted by Gasteiger charge is 2.05. The molecule has 0 saturated heterocycles. The van der Waals surface area contributed by atoms with Gasteiger partial charge in [0.1, 0.15) is 11.6 Å². The van der Waals surface area contributed by atoms with Gasteiger partial charge in [-0.05, 0) is 38.1 Å². The number of hydrogen-bond donors (Lipinski definition) is 1. The number of rotatable bonds is 6. The van der Waals surface area contributed by atoms with Gasteiger partial charge in [-0.25, -0.2) is 4.98 Å². The normalized spacial score (nSPS) is 10.7. The molecule has 2 aromatic rings. The van der Waals surface area contributed by atoms with Crippen molar-refractivity contribution in [2.45, 2.75) is 26.8 Å². The molecule has 0 spiro atoms. The van der Waals surface area contributed by atoms with E-state index in [1.54, 1.807) is 0 Å². The SMILES string of the molecule is CCOc1cccc(Cn2cc(CCN)nc2C)c1. The number of ether oxygens (including phenoxy) is 1. The zero-order valence-corrected chi connectivity index (χ0v) is 11.6. The van der Waals surface area contributed by atoms with Gasteiger partial charge < -0.3 is 15.0 Å². The van der Waals surface area contributed by atoms with Gasteiger partial charge in [-0.1, -0.05) is 12.1 Å². The van der Waals surface area contributed by atoms with Crippen molar-refractivity contribution in [2.24, 2.45) is 5.73 Å². The second-order valence-corrected chi connectivity index (χ2v) is 4.53. The van der Waals surface area contributed by atoms with E-state index in [0.717, 1.165) is 30.2 Å². The van der Waals surface area contributed by atoms with Crippen LogP contribution in [0.4, 0.5) is 0 Å². The summed E-state index contributed by atoms with van der Waals surface area (Å²) in [4.78, 5) is 4.51. The second kappa shape index (κ2) is 6.38. The molecule has 4 nitrogen and oxygen atoms in total. The van der Waals surface area contributed by atoms with E-state index in [1.165, 1.54) is 5.56 Å². The largest absolute Gasteiger partial charge is 0.494 e. The van der Waals surface area contributed by atoms with Gasteiger partial charge in [-0.15, -0.1) is 0 Å². The maximum absolute atomic E-state index is 5.56. The second-order valence-electron chi connectivity index (χ2n) is 4.53. The Kier molecular flexibility index (Phi) is 4.58. The van der Waals surface area contributed by atoms with Crippen LogP contribution in [0.1, 0.15) is 24.0 Å². The van der Waals surface area contributed by atoms with E-state index in [2.05, 4.69) is 27.9 Å². The van der Waals surface area contributed by atoms with Gasteiger partial charge in [0.15, 0.2) is 0 Å². The fourth-order valence-electron chi connectivity index (χ4n) is 2.10. The molecule has 0 aliphatic rings. The quantitative estimate of drug-likeness (QED) is 0.864. The number of hydrogen-bond acceptors (Lipinski definition) is 3. The van der Waals surface area contributed by atoms with Crippen molar-refractivity contribution < 1.29 is 4.74 Å². The van der Waals surface area contributed by atoms with Crippen molar-refractivity contribution in [2.75, 3.05) is 13.2 Å². The van der Waals surface area contributed by atoms with Gasteiger partial charge in [-0.2, -0.15) is 0 Å². The summed E-state index contributed by atoms with van der Waals surface area (Å²) in [6.45, 7) is 6.15. The number of aromatic nitrogens is 2. The van der Waals surface area contributed by atoms with Gasteiger partial charge in [0.25, 0.3) is 0 Å². The van der Waals surface area contributed by atoms with Crippen LogP contribution in [0.2, 0.25) is 0 Å². The molecular weight excluding hydrogens is 238 g/mol. The zero-order chi connectivity index (χ0) is 13.7. The monoisotopic (exact) mass is 259 g/mol. The summed E-state index contributed by atoms with van der Waals surface area (Å²) in [6, 6.07) is 8.18. The smallest absolute Gasteiger partial charge is 0.119 e. The summed E-state index contributed by atoms with van der Waals surface area (Å²) in [5, 5.41) is 0. The zero-order valence-electron chi connectivity index (χ0n) is 11.6. The number of nitrogens with zero attached hydrogens (tertiary/aromatic N) is 2. The molecule has 0 bridgehead atoms. The Morgan fingerprint density at radius 1 is 1.37 bits per heavy atom. The van der Waals surface area contributed by atoms with Crippen LogP contribution in [0.5, 0.6) is 5.75 Å². The highest BCUT2D eigenvalue weighted by molar-refractivity contribution is 5.29. The Hall–Kier alpha value is -1.81. The van der Waals surface area contributed by atoms with Crippen LogP contribution in [0.3, 0.4) is 0 Å². The third-order valence-electron chi connectivity index (χ3n) is 2.99. The van der Waals surface area contributed by atoms with E-state index in [4.69, 9.17) is 10.5 Å². The van der Waals surface area contributed by atoms with Crippen LogP contribution in [-0.4, -0.2) is 22.7 Å². The summed E-state index contributed by atoms with van der Waals surface area (Å²) < 4.78 is 7.67. The topological polar surface area (TPSA) is 53.1 Å². The van der Waals surface area contributed by atoms with E-state index in [9.17, 15) is 0 Å². The minimum absolute atomic E-state index is 0.635. The molecule has 0 atom stereocenters. The fourth-order valence-corrected chi connectivity index (χ4v) is 2.10. The molecule has 0 fully saturated rings. The Labute approximate surface area is 114 Å². The molecule has 1 aromatic heterocycles. The standard InChI is InChI=1S/C15H21N3O/c1-3-19-15-6-4-5-13(9-15)10-18-11-14(7-8-16)17-12(18)2/h4-6,9,11H,3,7-8,10,16H2,1-2H3. The van der Waals surface area contributed by atoms with Crippen molar-refractivity contribution in [3.05, 3.63) is 47.5 Å². The summed E-state index contributed by atoms with van der Waals surface area (Å²) in [5.41, 5.74) is 7.83. The maximum Gasteiger partial charge on any atom is 0.119 e. The Morgan fingerprint density at radius 2 is 2.21 bits per heavy atom. The lowest BCUT2D eigenvalue weighted by Crippen LogP contribution is -2.03. The van der Waals surface area contributed by atoms with E-state index in [-0.39, 0.29) is 0 Å². The first-order chi connectivity index (χ1) is 9.22. The van der Waals surface area contributed by atoms with Gasteiger partial charge in [0.05, 0.1) is 12.3 Å². The van der Waals surface area contributed by atoms with Crippen LogP contribution < -0.4 is 10.5 Å². The molecule has 0 unspecified atom stereocenters. The van der Waals surface area contributed by atoms with Crippen LogP contribution in [0.25, 0.3) is 0 Å². The molecule has 1 heterocycles. The third-order valence-corrected chi connectivity index (χ3v) is 2.99. The van der Waals surface area contributed by atoms with Crippen molar-refractivity contribution in [3.8, 4) is 5.75 Å². The molecule has 2 rings (SSSR count). The van der Waals surface area contributed by atoms with E-state index < -0.39 is 0 Å². The lowest BCUT2D eigenvalue weighted by Gasteiger charge is -2.08. The molecule has 2 N–H and O–H groups in total. The summed E-state index contributed by atoms with van der Waals surface area (Å²) in [5.74, 6) is 1.94. The Bertz CT molecular complexity index is 534. The predicted octanol–water partition coefficient (Wildman–Crippen LogP) is 2.14. The van der Waals surface area contributed by atoms with Crippen LogP contribution >= 0.6 is 0 Å². The van der Waals surface area contributed by atoms with Crippen molar-refractivity contribution in [1.82, 2.24) is 9.55 Å². The summed E-state index contributed by atoms with van der Waals surface area (Å²) in [7, 11) is 0. The van der Waals surface area contributed by atoms with E-state index >= 15 is 0 Å². The first kappa shape index (κ1) is 13.6. The molecule has 4 heteroatoms. The van der Waals surface area contributed by atoms with Gasteiger partial charge in [0, 0.05) is 19.2 Å². The molecule has 19 heavy (non-hydrogen) atoms. The van der Waals surface area contributed by atoms with Crippen molar-refractivity contribution in [3.63, 3.8) is 0 Å². The van der Waals surface area contributed by atoms with Crippen LogP contribution in [0.15, 0.2) is 30.5 Å². The molecule has 0 aliphatic carbocycles. The highest BCUT2D eigenvalue weighted by Crippen LogP contribution is 2.15. The Balaban J connectivity index is 2.13. The summed E-state index contributed by atoms with van der Waals surface area (Å²) in [6.07, 6.45) is 2.91. The van der Waals surface area contributed by atoms with E-state index in [0.29, 0.717) is 13.2 Å².